The zero-order valence-electron chi connectivity index (χ0n) is 43.7. The second-order valence-electron chi connectivity index (χ2n) is 19.3. The van der Waals surface area contributed by atoms with Gasteiger partial charge in [-0.3, -0.25) is 9.59 Å². The topological polar surface area (TPSA) is 95.9 Å². The molecule has 0 aromatic rings. The quantitative estimate of drug-likeness (QED) is 0.0244. The van der Waals surface area contributed by atoms with Crippen molar-refractivity contribution < 1.29 is 24.5 Å². The molecule has 0 aliphatic rings. The molecule has 384 valence electrons. The maximum atomic E-state index is 12.5. The lowest BCUT2D eigenvalue weighted by atomic mass is 10.0. The van der Waals surface area contributed by atoms with Gasteiger partial charge in [-0.15, -0.1) is 0 Å². The summed E-state index contributed by atoms with van der Waals surface area (Å²) in [6.07, 6.45) is 71.0. The molecule has 0 aromatic heterocycles. The number of hydrogen-bond acceptors (Lipinski definition) is 5. The van der Waals surface area contributed by atoms with E-state index in [0.717, 1.165) is 89.9 Å². The summed E-state index contributed by atoms with van der Waals surface area (Å²) in [5, 5.41) is 23.1. The number of carbonyl (C=O) groups is 2. The Bertz CT molecular complexity index is 1160. The molecule has 0 radical (unpaired) electrons. The van der Waals surface area contributed by atoms with Gasteiger partial charge in [0.15, 0.2) is 0 Å². The predicted molar refractivity (Wildman–Crippen MR) is 287 cm³/mol. The molecule has 0 aliphatic heterocycles. The molecule has 0 rings (SSSR count). The first-order chi connectivity index (χ1) is 32.5. The Morgan fingerprint density at radius 2 is 0.833 bits per heavy atom. The van der Waals surface area contributed by atoms with Gasteiger partial charge in [0.25, 0.3) is 0 Å². The van der Waals surface area contributed by atoms with Crippen LogP contribution in [0, 0.1) is 0 Å². The normalized spacial score (nSPS) is 13.1. The first kappa shape index (κ1) is 63.6. The number of allylic oxidation sites excluding steroid dienone is 9. The Hall–Kier alpha value is -2.44. The van der Waals surface area contributed by atoms with Gasteiger partial charge in [-0.1, -0.05) is 242 Å². The highest BCUT2D eigenvalue weighted by Crippen LogP contribution is 2.16. The van der Waals surface area contributed by atoms with Crippen molar-refractivity contribution in [1.29, 1.82) is 0 Å². The zero-order valence-corrected chi connectivity index (χ0v) is 43.7. The van der Waals surface area contributed by atoms with Gasteiger partial charge in [0.05, 0.1) is 25.4 Å². The lowest BCUT2D eigenvalue weighted by Crippen LogP contribution is -2.45. The van der Waals surface area contributed by atoms with Gasteiger partial charge in [0.1, 0.15) is 0 Å². The number of carbonyl (C=O) groups excluding carboxylic acids is 2. The van der Waals surface area contributed by atoms with Crippen molar-refractivity contribution in [1.82, 2.24) is 5.32 Å². The van der Waals surface area contributed by atoms with Crippen LogP contribution in [0.15, 0.2) is 60.8 Å². The maximum Gasteiger partial charge on any atom is 0.305 e. The van der Waals surface area contributed by atoms with E-state index in [1.807, 2.05) is 6.08 Å². The van der Waals surface area contributed by atoms with Crippen LogP contribution in [0.2, 0.25) is 0 Å². The average Bonchev–Trinajstić information content (AvgIpc) is 3.32. The number of rotatable bonds is 52. The summed E-state index contributed by atoms with van der Waals surface area (Å²) in [4.78, 5) is 24.5. The molecule has 6 nitrogen and oxygen atoms in total. The molecule has 3 N–H and O–H groups in total. The van der Waals surface area contributed by atoms with Gasteiger partial charge in [-0.2, -0.15) is 0 Å². The van der Waals surface area contributed by atoms with Gasteiger partial charge < -0.3 is 20.3 Å². The molecule has 2 unspecified atom stereocenters. The first-order valence-corrected chi connectivity index (χ1v) is 28.6. The van der Waals surface area contributed by atoms with Crippen LogP contribution in [0.25, 0.3) is 0 Å². The second kappa shape index (κ2) is 55.2. The van der Waals surface area contributed by atoms with Gasteiger partial charge in [-0.05, 0) is 89.9 Å². The van der Waals surface area contributed by atoms with E-state index >= 15 is 0 Å². The van der Waals surface area contributed by atoms with E-state index in [0.29, 0.717) is 19.4 Å². The summed E-state index contributed by atoms with van der Waals surface area (Å²) in [5.74, 6) is -0.129. The number of unbranched alkanes of at least 4 members (excludes halogenated alkanes) is 34. The van der Waals surface area contributed by atoms with Crippen molar-refractivity contribution >= 4 is 11.9 Å². The first-order valence-electron chi connectivity index (χ1n) is 28.6. The van der Waals surface area contributed by atoms with Crippen molar-refractivity contribution in [2.24, 2.45) is 0 Å². The van der Waals surface area contributed by atoms with Gasteiger partial charge >= 0.3 is 5.97 Å². The minimum atomic E-state index is -0.861. The molecular weight excluding hydrogens is 815 g/mol. The highest BCUT2D eigenvalue weighted by molar-refractivity contribution is 5.76. The summed E-state index contributed by atoms with van der Waals surface area (Å²) < 4.78 is 5.43. The van der Waals surface area contributed by atoms with Crippen molar-refractivity contribution in [3.05, 3.63) is 60.8 Å². The fourth-order valence-electron chi connectivity index (χ4n) is 8.37. The molecule has 0 bridgehead atoms. The molecule has 0 aliphatic carbocycles. The number of hydrogen-bond donors (Lipinski definition) is 3. The third-order valence-corrected chi connectivity index (χ3v) is 12.8. The Morgan fingerprint density at radius 1 is 0.439 bits per heavy atom. The molecule has 0 fully saturated rings. The summed E-state index contributed by atoms with van der Waals surface area (Å²) >= 11 is 0. The van der Waals surface area contributed by atoms with Gasteiger partial charge in [0, 0.05) is 12.8 Å². The largest absolute Gasteiger partial charge is 0.466 e. The molecule has 6 heteroatoms. The Kier molecular flexibility index (Phi) is 53.1. The van der Waals surface area contributed by atoms with Crippen LogP contribution < -0.4 is 5.32 Å². The Balaban J connectivity index is 3.57. The average molecular weight is 925 g/mol. The summed E-state index contributed by atoms with van der Waals surface area (Å²) in [5.41, 5.74) is 0. The van der Waals surface area contributed by atoms with Crippen LogP contribution >= 0.6 is 0 Å². The van der Waals surface area contributed by atoms with E-state index in [9.17, 15) is 19.8 Å². The van der Waals surface area contributed by atoms with E-state index in [2.05, 4.69) is 67.8 Å². The second-order valence-corrected chi connectivity index (χ2v) is 19.3. The highest BCUT2D eigenvalue weighted by atomic mass is 16.5. The molecule has 66 heavy (non-hydrogen) atoms. The highest BCUT2D eigenvalue weighted by Gasteiger charge is 2.18. The Labute approximate surface area is 409 Å². The third kappa shape index (κ3) is 51.0. The summed E-state index contributed by atoms with van der Waals surface area (Å²) in [7, 11) is 0. The number of amides is 1. The number of aliphatic hydroxyl groups excluding tert-OH is 2. The minimum Gasteiger partial charge on any atom is -0.466 e. The monoisotopic (exact) mass is 924 g/mol. The van der Waals surface area contributed by atoms with Crippen LogP contribution in [0.5, 0.6) is 0 Å². The number of ether oxygens (including phenoxy) is 1. The lowest BCUT2D eigenvalue weighted by molar-refractivity contribution is -0.143. The predicted octanol–water partition coefficient (Wildman–Crippen LogP) is 17.6. The molecule has 0 heterocycles. The Morgan fingerprint density at radius 3 is 1.30 bits per heavy atom. The molecular formula is C60H109NO5. The van der Waals surface area contributed by atoms with Crippen LogP contribution in [-0.2, 0) is 14.3 Å². The fourth-order valence-corrected chi connectivity index (χ4v) is 8.37. The maximum absolute atomic E-state index is 12.5. The standard InChI is InChI=1S/C60H109NO5/c1-3-5-7-9-11-13-15-17-18-19-20-21-22-23-25-29-32-36-40-44-48-52-58(63)57(56-62)61-59(64)53-49-45-41-37-33-30-26-24-27-31-35-39-43-47-51-55-66-60(65)54-50-46-42-38-34-28-16-14-12-10-8-6-4-2/h8,10,14,16,24,27,31,35,48,52,57-58,62-63H,3-7,9,11-13,15,17-23,25-26,28-30,32-34,36-47,49-51,53-56H2,1-2H3,(H,61,64)/b10-8-,16-14-,27-24-,35-31-,52-48+. The molecule has 0 spiro atoms. The van der Waals surface area contributed by atoms with Gasteiger partial charge in [0.2, 0.25) is 5.91 Å². The van der Waals surface area contributed by atoms with E-state index in [1.54, 1.807) is 6.08 Å². The summed E-state index contributed by atoms with van der Waals surface area (Å²) in [6, 6.07) is -0.647. The molecule has 0 saturated carbocycles. The van der Waals surface area contributed by atoms with Crippen molar-refractivity contribution in [2.75, 3.05) is 13.2 Å². The van der Waals surface area contributed by atoms with Crippen LogP contribution in [0.1, 0.15) is 284 Å². The number of aliphatic hydroxyl groups is 2. The van der Waals surface area contributed by atoms with Gasteiger partial charge in [-0.25, -0.2) is 0 Å². The lowest BCUT2D eigenvalue weighted by Gasteiger charge is -2.20. The molecule has 0 saturated heterocycles. The number of esters is 1. The summed E-state index contributed by atoms with van der Waals surface area (Å²) in [6.45, 7) is 4.78. The van der Waals surface area contributed by atoms with Crippen LogP contribution in [0.3, 0.4) is 0 Å². The van der Waals surface area contributed by atoms with Crippen molar-refractivity contribution in [3.8, 4) is 0 Å². The SMILES string of the molecule is CCC/C=C\C/C=C\CCCCCCCC(=O)OCCCCC/C=C\C=C/CCCCCCCCC(=O)NC(CO)C(O)/C=C/CCCCCCCCCCCCCCCCCCCCC. The zero-order chi connectivity index (χ0) is 47.9. The minimum absolute atomic E-state index is 0.0388. The molecule has 1 amide bonds. The molecule has 2 atom stereocenters. The van der Waals surface area contributed by atoms with Crippen molar-refractivity contribution in [3.63, 3.8) is 0 Å². The number of nitrogens with one attached hydrogen (secondary N) is 1. The molecule has 0 aromatic carbocycles. The van der Waals surface area contributed by atoms with Crippen molar-refractivity contribution in [2.45, 2.75) is 296 Å². The van der Waals surface area contributed by atoms with E-state index in [-0.39, 0.29) is 18.5 Å². The van der Waals surface area contributed by atoms with Crippen LogP contribution in [-0.4, -0.2) is 47.4 Å². The van der Waals surface area contributed by atoms with E-state index < -0.39 is 12.1 Å². The van der Waals surface area contributed by atoms with E-state index in [4.69, 9.17) is 4.74 Å². The van der Waals surface area contributed by atoms with E-state index in [1.165, 1.54) is 167 Å². The van der Waals surface area contributed by atoms with Crippen LogP contribution in [0.4, 0.5) is 0 Å². The smallest absolute Gasteiger partial charge is 0.305 e. The third-order valence-electron chi connectivity index (χ3n) is 12.8. The fraction of sp³-hybridized carbons (Fsp3) is 0.800.